The zero-order valence-electron chi connectivity index (χ0n) is 10.4. The Morgan fingerprint density at radius 3 is 2.95 bits per heavy atom. The average Bonchev–Trinajstić information content (AvgIpc) is 3.00. The van der Waals surface area contributed by atoms with Crippen molar-refractivity contribution < 1.29 is 9.52 Å². The fraction of sp³-hybridized carbons (Fsp3) is 0.214. The molecular formula is C14H13BrN2O2. The Labute approximate surface area is 119 Å². The molecule has 98 valence electrons. The summed E-state index contributed by atoms with van der Waals surface area (Å²) in [6.45, 7) is 1.99. The van der Waals surface area contributed by atoms with Gasteiger partial charge in [-0.3, -0.25) is 5.43 Å². The number of phenols is 1. The number of phenolic OH excluding ortho intramolecular Hbond substituents is 1. The molecule has 2 aromatic rings. The molecule has 5 heteroatoms. The Morgan fingerprint density at radius 2 is 2.21 bits per heavy atom. The molecule has 1 aromatic carbocycles. The van der Waals surface area contributed by atoms with Crippen LogP contribution < -0.4 is 5.43 Å². The second-order valence-corrected chi connectivity index (χ2v) is 5.39. The predicted molar refractivity (Wildman–Crippen MR) is 76.3 cm³/mol. The Hall–Kier alpha value is -1.75. The lowest BCUT2D eigenvalue weighted by molar-refractivity contribution is 0.426. The summed E-state index contributed by atoms with van der Waals surface area (Å²) >= 11 is 3.29. The fourth-order valence-electron chi connectivity index (χ4n) is 2.17. The van der Waals surface area contributed by atoms with Gasteiger partial charge in [0.15, 0.2) is 4.67 Å². The van der Waals surface area contributed by atoms with Gasteiger partial charge in [-0.2, -0.15) is 5.10 Å². The van der Waals surface area contributed by atoms with Crippen molar-refractivity contribution in [3.63, 3.8) is 0 Å². The van der Waals surface area contributed by atoms with Gasteiger partial charge >= 0.3 is 0 Å². The van der Waals surface area contributed by atoms with Crippen molar-refractivity contribution in [3.05, 3.63) is 51.9 Å². The minimum Gasteiger partial charge on any atom is -0.507 e. The summed E-state index contributed by atoms with van der Waals surface area (Å²) in [5.41, 5.74) is 5.77. The van der Waals surface area contributed by atoms with Gasteiger partial charge in [-0.15, -0.1) is 0 Å². The smallest absolute Gasteiger partial charge is 0.169 e. The zero-order chi connectivity index (χ0) is 13.4. The number of furan rings is 1. The van der Waals surface area contributed by atoms with E-state index < -0.39 is 0 Å². The van der Waals surface area contributed by atoms with Crippen molar-refractivity contribution in [2.45, 2.75) is 19.4 Å². The lowest BCUT2D eigenvalue weighted by Gasteiger charge is -2.07. The molecule has 1 aliphatic heterocycles. The number of hydrazone groups is 1. The summed E-state index contributed by atoms with van der Waals surface area (Å²) in [5.74, 6) is 1.09. The number of aryl methyl sites for hydroxylation is 1. The monoisotopic (exact) mass is 320 g/mol. The van der Waals surface area contributed by atoms with Crippen LogP contribution in [0.3, 0.4) is 0 Å². The molecule has 0 saturated heterocycles. The first-order valence-corrected chi connectivity index (χ1v) is 6.80. The van der Waals surface area contributed by atoms with Crippen molar-refractivity contribution in [1.29, 1.82) is 0 Å². The molecule has 2 N–H and O–H groups in total. The number of aromatic hydroxyl groups is 1. The van der Waals surface area contributed by atoms with Gasteiger partial charge in [0.2, 0.25) is 0 Å². The van der Waals surface area contributed by atoms with Crippen LogP contribution in [0.2, 0.25) is 0 Å². The highest BCUT2D eigenvalue weighted by molar-refractivity contribution is 9.10. The Bertz CT molecular complexity index is 649. The lowest BCUT2D eigenvalue weighted by atomic mass is 10.0. The highest BCUT2D eigenvalue weighted by atomic mass is 79.9. The van der Waals surface area contributed by atoms with Crippen LogP contribution in [0.5, 0.6) is 5.75 Å². The average molecular weight is 321 g/mol. The minimum atomic E-state index is 0.0150. The predicted octanol–water partition coefficient (Wildman–Crippen LogP) is 3.49. The third-order valence-corrected chi connectivity index (χ3v) is 3.58. The maximum Gasteiger partial charge on any atom is 0.169 e. The molecule has 0 bridgehead atoms. The number of nitrogens with zero attached hydrogens (tertiary/aromatic N) is 1. The van der Waals surface area contributed by atoms with E-state index in [1.165, 1.54) is 0 Å². The summed E-state index contributed by atoms with van der Waals surface area (Å²) in [6, 6.07) is 9.31. The van der Waals surface area contributed by atoms with E-state index in [1.54, 1.807) is 6.07 Å². The van der Waals surface area contributed by atoms with E-state index in [2.05, 4.69) is 26.5 Å². The van der Waals surface area contributed by atoms with Gasteiger partial charge in [-0.1, -0.05) is 11.6 Å². The first kappa shape index (κ1) is 12.3. The van der Waals surface area contributed by atoms with E-state index in [0.29, 0.717) is 11.1 Å². The van der Waals surface area contributed by atoms with E-state index in [9.17, 15) is 5.11 Å². The lowest BCUT2D eigenvalue weighted by Crippen LogP contribution is -2.08. The number of nitrogens with one attached hydrogen (secondary N) is 1. The molecule has 2 heterocycles. The first-order chi connectivity index (χ1) is 9.13. The second kappa shape index (κ2) is 4.74. The molecule has 0 saturated carbocycles. The number of halogens is 1. The molecule has 1 aromatic heterocycles. The number of hydrogen-bond donors (Lipinski definition) is 2. The third-order valence-electron chi connectivity index (χ3n) is 3.15. The molecule has 1 atom stereocenters. The number of hydrogen-bond acceptors (Lipinski definition) is 4. The van der Waals surface area contributed by atoms with E-state index in [0.717, 1.165) is 22.6 Å². The van der Waals surface area contributed by atoms with Crippen LogP contribution in [0.1, 0.15) is 29.3 Å². The van der Waals surface area contributed by atoms with Crippen molar-refractivity contribution in [2.24, 2.45) is 5.10 Å². The van der Waals surface area contributed by atoms with E-state index in [1.807, 2.05) is 31.2 Å². The maximum atomic E-state index is 9.92. The van der Waals surface area contributed by atoms with Gasteiger partial charge in [0, 0.05) is 12.0 Å². The van der Waals surface area contributed by atoms with Gasteiger partial charge in [-0.05, 0) is 47.1 Å². The molecule has 0 fully saturated rings. The Morgan fingerprint density at radius 1 is 1.37 bits per heavy atom. The topological polar surface area (TPSA) is 57.8 Å². The van der Waals surface area contributed by atoms with Crippen LogP contribution in [0, 0.1) is 6.92 Å². The van der Waals surface area contributed by atoms with Crippen molar-refractivity contribution >= 4 is 21.6 Å². The molecule has 0 amide bonds. The van der Waals surface area contributed by atoms with E-state index in [-0.39, 0.29) is 11.8 Å². The van der Waals surface area contributed by atoms with Gasteiger partial charge in [0.1, 0.15) is 17.6 Å². The maximum absolute atomic E-state index is 9.92. The fourth-order valence-corrected chi connectivity index (χ4v) is 2.49. The summed E-state index contributed by atoms with van der Waals surface area (Å²) in [7, 11) is 0. The SMILES string of the molecule is Cc1ccc(O)c(C2=NN[C@@H](c3ccc(Br)o3)C2)c1. The zero-order valence-corrected chi connectivity index (χ0v) is 11.9. The Kier molecular flexibility index (Phi) is 3.06. The summed E-state index contributed by atoms with van der Waals surface area (Å²) < 4.78 is 6.23. The number of benzene rings is 1. The molecule has 19 heavy (non-hydrogen) atoms. The van der Waals surface area contributed by atoms with Gasteiger partial charge in [0.05, 0.1) is 5.71 Å². The molecule has 0 radical (unpaired) electrons. The quantitative estimate of drug-likeness (QED) is 0.890. The molecule has 1 aliphatic rings. The highest BCUT2D eigenvalue weighted by Crippen LogP contribution is 2.30. The van der Waals surface area contributed by atoms with Crippen LogP contribution in [0.15, 0.2) is 44.5 Å². The second-order valence-electron chi connectivity index (χ2n) is 4.61. The molecule has 0 spiro atoms. The van der Waals surface area contributed by atoms with E-state index >= 15 is 0 Å². The van der Waals surface area contributed by atoms with Crippen molar-refractivity contribution in [3.8, 4) is 5.75 Å². The molecular weight excluding hydrogens is 308 g/mol. The molecule has 0 aliphatic carbocycles. The van der Waals surface area contributed by atoms with Gasteiger partial charge < -0.3 is 9.52 Å². The van der Waals surface area contributed by atoms with Crippen LogP contribution >= 0.6 is 15.9 Å². The van der Waals surface area contributed by atoms with Crippen LogP contribution in [0.25, 0.3) is 0 Å². The Balaban J connectivity index is 1.83. The van der Waals surface area contributed by atoms with Crippen molar-refractivity contribution in [1.82, 2.24) is 5.43 Å². The van der Waals surface area contributed by atoms with E-state index in [4.69, 9.17) is 4.42 Å². The number of rotatable bonds is 2. The van der Waals surface area contributed by atoms with Crippen LogP contribution in [0.4, 0.5) is 0 Å². The summed E-state index contributed by atoms with van der Waals surface area (Å²) in [5, 5.41) is 14.2. The van der Waals surface area contributed by atoms with Gasteiger partial charge in [0.25, 0.3) is 0 Å². The van der Waals surface area contributed by atoms with Crippen LogP contribution in [-0.4, -0.2) is 10.8 Å². The summed E-state index contributed by atoms with van der Waals surface area (Å²) in [4.78, 5) is 0. The molecule has 0 unspecified atom stereocenters. The normalized spacial score (nSPS) is 18.2. The largest absolute Gasteiger partial charge is 0.507 e. The first-order valence-electron chi connectivity index (χ1n) is 6.01. The van der Waals surface area contributed by atoms with Crippen LogP contribution in [-0.2, 0) is 0 Å². The minimum absolute atomic E-state index is 0.0150. The summed E-state index contributed by atoms with van der Waals surface area (Å²) in [6.07, 6.45) is 0.691. The third kappa shape index (κ3) is 2.38. The molecule has 4 nitrogen and oxygen atoms in total. The van der Waals surface area contributed by atoms with Crippen molar-refractivity contribution in [2.75, 3.05) is 0 Å². The molecule has 3 rings (SSSR count). The standard InChI is InChI=1S/C14H13BrN2O2/c1-8-2-3-12(18)9(6-8)10-7-11(17-16-10)13-4-5-14(15)19-13/h2-6,11,17-18H,7H2,1H3/t11-/m1/s1. The highest BCUT2D eigenvalue weighted by Gasteiger charge is 2.25. The van der Waals surface area contributed by atoms with Gasteiger partial charge in [-0.25, -0.2) is 0 Å².